The number of hydrogen-bond donors (Lipinski definition) is 1. The van der Waals surface area contributed by atoms with Crippen molar-refractivity contribution in [3.05, 3.63) is 24.0 Å². The zero-order chi connectivity index (χ0) is 13.9. The highest BCUT2D eigenvalue weighted by atomic mass is 16.5. The van der Waals surface area contributed by atoms with Crippen LogP contribution >= 0.6 is 0 Å². The number of aromatic nitrogens is 1. The van der Waals surface area contributed by atoms with Crippen LogP contribution in [0.5, 0.6) is 0 Å². The van der Waals surface area contributed by atoms with Crippen molar-refractivity contribution in [1.29, 1.82) is 0 Å². The number of methoxy groups -OCH3 is 1. The third-order valence-corrected chi connectivity index (χ3v) is 2.89. The van der Waals surface area contributed by atoms with Gasteiger partial charge in [0.2, 0.25) is 0 Å². The van der Waals surface area contributed by atoms with Gasteiger partial charge in [-0.15, -0.1) is 0 Å². The number of hydrogen-bond acceptors (Lipinski definition) is 5. The molecule has 0 bridgehead atoms. The van der Waals surface area contributed by atoms with Crippen LogP contribution in [0.1, 0.15) is 24.3 Å². The molecule has 0 atom stereocenters. The zero-order valence-corrected chi connectivity index (χ0v) is 10.8. The van der Waals surface area contributed by atoms with Crippen molar-refractivity contribution in [3.63, 3.8) is 0 Å². The van der Waals surface area contributed by atoms with Gasteiger partial charge in [-0.3, -0.25) is 0 Å². The van der Waals surface area contributed by atoms with E-state index in [2.05, 4.69) is 9.72 Å². The highest BCUT2D eigenvalue weighted by molar-refractivity contribution is 5.89. The molecular formula is C12H16N2O4. The predicted molar refractivity (Wildman–Crippen MR) is 65.7 cm³/mol. The highest BCUT2D eigenvalue weighted by Gasteiger charge is 2.32. The van der Waals surface area contributed by atoms with E-state index in [1.165, 1.54) is 19.4 Å². The number of carbonyl (C=O) groups is 2. The Labute approximate surface area is 105 Å². The Morgan fingerprint density at radius 2 is 2.06 bits per heavy atom. The largest absolute Gasteiger partial charge is 0.480 e. The van der Waals surface area contributed by atoms with Crippen molar-refractivity contribution in [2.75, 3.05) is 19.1 Å². The number of carboxylic acids is 1. The van der Waals surface area contributed by atoms with Crippen LogP contribution in [0, 0.1) is 0 Å². The maximum Gasteiger partial charge on any atom is 0.356 e. The van der Waals surface area contributed by atoms with E-state index in [4.69, 9.17) is 5.11 Å². The molecule has 0 amide bonds. The highest BCUT2D eigenvalue weighted by Crippen LogP contribution is 2.22. The minimum Gasteiger partial charge on any atom is -0.480 e. The monoisotopic (exact) mass is 252 g/mol. The molecule has 0 aromatic carbocycles. The lowest BCUT2D eigenvalue weighted by molar-refractivity contribution is -0.142. The first-order chi connectivity index (χ1) is 8.30. The van der Waals surface area contributed by atoms with E-state index < -0.39 is 17.5 Å². The van der Waals surface area contributed by atoms with Crippen molar-refractivity contribution in [2.24, 2.45) is 0 Å². The van der Waals surface area contributed by atoms with Crippen molar-refractivity contribution < 1.29 is 19.4 Å². The molecule has 98 valence electrons. The fraction of sp³-hybridized carbons (Fsp3) is 0.417. The Kier molecular flexibility index (Phi) is 3.90. The lowest BCUT2D eigenvalue weighted by Crippen LogP contribution is -2.48. The number of rotatable bonds is 4. The van der Waals surface area contributed by atoms with Crippen LogP contribution in [-0.4, -0.2) is 41.7 Å². The molecule has 0 unspecified atom stereocenters. The van der Waals surface area contributed by atoms with E-state index in [1.54, 1.807) is 31.9 Å². The molecule has 6 nitrogen and oxygen atoms in total. The summed E-state index contributed by atoms with van der Waals surface area (Å²) >= 11 is 0. The summed E-state index contributed by atoms with van der Waals surface area (Å²) in [5.74, 6) is -1.51. The van der Waals surface area contributed by atoms with E-state index in [1.807, 2.05) is 0 Å². The topological polar surface area (TPSA) is 79.7 Å². The Morgan fingerprint density at radius 1 is 1.44 bits per heavy atom. The third-order valence-electron chi connectivity index (χ3n) is 2.89. The Balaban J connectivity index is 3.11. The fourth-order valence-electron chi connectivity index (χ4n) is 1.31. The molecule has 0 aliphatic carbocycles. The van der Waals surface area contributed by atoms with Gasteiger partial charge < -0.3 is 14.7 Å². The molecule has 1 N–H and O–H groups in total. The molecule has 18 heavy (non-hydrogen) atoms. The summed E-state index contributed by atoms with van der Waals surface area (Å²) in [7, 11) is 2.91. The average molecular weight is 252 g/mol. The average Bonchev–Trinajstić information content (AvgIpc) is 2.36. The van der Waals surface area contributed by atoms with Gasteiger partial charge in [0.15, 0.2) is 0 Å². The number of carbonyl (C=O) groups excluding carboxylic acids is 1. The number of carboxylic acid groups (broad SMARTS) is 1. The number of anilines is 1. The van der Waals surface area contributed by atoms with Crippen LogP contribution in [-0.2, 0) is 9.53 Å². The van der Waals surface area contributed by atoms with Crippen molar-refractivity contribution in [3.8, 4) is 0 Å². The van der Waals surface area contributed by atoms with Crippen molar-refractivity contribution in [2.45, 2.75) is 19.4 Å². The lowest BCUT2D eigenvalue weighted by atomic mass is 10.0. The second-order valence-corrected chi connectivity index (χ2v) is 4.31. The molecular weight excluding hydrogens is 236 g/mol. The first-order valence-corrected chi connectivity index (χ1v) is 5.32. The SMILES string of the molecule is COC(=O)c1cc(N(C)C(C)(C)C(=O)O)ccn1. The van der Waals surface area contributed by atoms with Gasteiger partial charge in [0.05, 0.1) is 7.11 Å². The second-order valence-electron chi connectivity index (χ2n) is 4.31. The van der Waals surface area contributed by atoms with E-state index in [0.29, 0.717) is 5.69 Å². The van der Waals surface area contributed by atoms with Crippen LogP contribution in [0.2, 0.25) is 0 Å². The summed E-state index contributed by atoms with van der Waals surface area (Å²) in [5, 5.41) is 9.15. The smallest absolute Gasteiger partial charge is 0.356 e. The number of esters is 1. The van der Waals surface area contributed by atoms with Gasteiger partial charge in [0.25, 0.3) is 0 Å². The van der Waals surface area contributed by atoms with Crippen LogP contribution in [0.25, 0.3) is 0 Å². The van der Waals surface area contributed by atoms with Gasteiger partial charge in [-0.1, -0.05) is 0 Å². The molecule has 0 saturated heterocycles. The Bertz CT molecular complexity index is 471. The summed E-state index contributed by atoms with van der Waals surface area (Å²) in [6.07, 6.45) is 1.44. The van der Waals surface area contributed by atoms with E-state index >= 15 is 0 Å². The number of aliphatic carboxylic acids is 1. The number of nitrogens with zero attached hydrogens (tertiary/aromatic N) is 2. The second kappa shape index (κ2) is 5.03. The van der Waals surface area contributed by atoms with E-state index in [9.17, 15) is 9.59 Å². The minimum atomic E-state index is -1.09. The Morgan fingerprint density at radius 3 is 2.56 bits per heavy atom. The van der Waals surface area contributed by atoms with Gasteiger partial charge in [-0.25, -0.2) is 14.6 Å². The van der Waals surface area contributed by atoms with Crippen LogP contribution in [0.3, 0.4) is 0 Å². The van der Waals surface area contributed by atoms with Crippen LogP contribution < -0.4 is 4.90 Å². The first kappa shape index (κ1) is 14.0. The van der Waals surface area contributed by atoms with Crippen LogP contribution in [0.15, 0.2) is 18.3 Å². The fourth-order valence-corrected chi connectivity index (χ4v) is 1.31. The molecule has 0 aliphatic heterocycles. The minimum absolute atomic E-state index is 0.142. The quantitative estimate of drug-likeness (QED) is 0.810. The molecule has 1 aromatic heterocycles. The van der Waals surface area contributed by atoms with Gasteiger partial charge in [-0.2, -0.15) is 0 Å². The van der Waals surface area contributed by atoms with Crippen LogP contribution in [0.4, 0.5) is 5.69 Å². The molecule has 1 rings (SSSR count). The molecule has 1 heterocycles. The lowest BCUT2D eigenvalue weighted by Gasteiger charge is -2.33. The predicted octanol–water partition coefficient (Wildman–Crippen LogP) is 1.17. The van der Waals surface area contributed by atoms with E-state index in [-0.39, 0.29) is 5.69 Å². The van der Waals surface area contributed by atoms with Gasteiger partial charge in [-0.05, 0) is 26.0 Å². The molecule has 1 aromatic rings. The number of likely N-dealkylation sites (N-methyl/N-ethyl adjacent to an activating group) is 1. The van der Waals surface area contributed by atoms with Gasteiger partial charge in [0.1, 0.15) is 11.2 Å². The number of pyridine rings is 1. The standard InChI is InChI=1S/C12H16N2O4/c1-12(2,11(16)17)14(3)8-5-6-13-9(7-8)10(15)18-4/h5-7H,1-4H3,(H,16,17). The third kappa shape index (κ3) is 2.58. The normalized spacial score (nSPS) is 10.9. The molecule has 0 spiro atoms. The molecule has 0 aliphatic rings. The maximum atomic E-state index is 11.4. The Hall–Kier alpha value is -2.11. The molecule has 0 saturated carbocycles. The van der Waals surface area contributed by atoms with Gasteiger partial charge >= 0.3 is 11.9 Å². The summed E-state index contributed by atoms with van der Waals surface area (Å²) in [5.41, 5.74) is -0.366. The first-order valence-electron chi connectivity index (χ1n) is 5.32. The molecule has 0 radical (unpaired) electrons. The molecule has 6 heteroatoms. The van der Waals surface area contributed by atoms with Crippen molar-refractivity contribution in [1.82, 2.24) is 4.98 Å². The summed E-state index contributed by atoms with van der Waals surface area (Å²) in [6, 6.07) is 3.13. The van der Waals surface area contributed by atoms with E-state index in [0.717, 1.165) is 0 Å². The number of ether oxygens (including phenoxy) is 1. The summed E-state index contributed by atoms with van der Waals surface area (Å²) in [6.45, 7) is 3.15. The summed E-state index contributed by atoms with van der Waals surface area (Å²) in [4.78, 5) is 27.9. The summed E-state index contributed by atoms with van der Waals surface area (Å²) < 4.78 is 4.57. The van der Waals surface area contributed by atoms with Crippen molar-refractivity contribution >= 4 is 17.6 Å². The van der Waals surface area contributed by atoms with Gasteiger partial charge in [0, 0.05) is 18.9 Å². The maximum absolute atomic E-state index is 11.4. The zero-order valence-electron chi connectivity index (χ0n) is 10.8. The molecule has 0 fully saturated rings.